The van der Waals surface area contributed by atoms with Gasteiger partial charge in [-0.1, -0.05) is 29.8 Å². The van der Waals surface area contributed by atoms with Crippen molar-refractivity contribution in [2.45, 2.75) is 20.8 Å². The summed E-state index contributed by atoms with van der Waals surface area (Å²) in [5.74, 6) is -0.198. The summed E-state index contributed by atoms with van der Waals surface area (Å²) in [4.78, 5) is 12.0. The third-order valence-electron chi connectivity index (χ3n) is 4.46. The van der Waals surface area contributed by atoms with Gasteiger partial charge in [-0.05, 0) is 67.0 Å². The Hall–Kier alpha value is -2.86. The minimum absolute atomic E-state index is 0.163. The van der Waals surface area contributed by atoms with Crippen molar-refractivity contribution < 1.29 is 4.79 Å². The summed E-state index contributed by atoms with van der Waals surface area (Å²) in [6, 6.07) is 18.0. The highest BCUT2D eigenvalue weighted by Gasteiger charge is 2.11. The van der Waals surface area contributed by atoms with Crippen molar-refractivity contribution in [3.8, 4) is 5.69 Å². The fourth-order valence-electron chi connectivity index (χ4n) is 2.99. The zero-order valence-electron chi connectivity index (χ0n) is 16.2. The van der Waals surface area contributed by atoms with Crippen LogP contribution in [0.2, 0.25) is 0 Å². The van der Waals surface area contributed by atoms with Crippen LogP contribution in [0.3, 0.4) is 0 Å². The summed E-state index contributed by atoms with van der Waals surface area (Å²) in [7, 11) is 0. The van der Waals surface area contributed by atoms with Crippen LogP contribution in [0.25, 0.3) is 5.69 Å². The van der Waals surface area contributed by atoms with E-state index < -0.39 is 0 Å². The van der Waals surface area contributed by atoms with E-state index in [-0.39, 0.29) is 12.5 Å². The van der Waals surface area contributed by atoms with Gasteiger partial charge in [0, 0.05) is 27.1 Å². The number of amides is 1. The molecule has 0 spiro atoms. The SMILES string of the molecule is Cc1ccc(NCC(=O)N/N=C\c2cc(C)n(-c3ccccc3Br)c2C)cc1. The maximum atomic E-state index is 12.0. The third kappa shape index (κ3) is 4.70. The molecule has 144 valence electrons. The summed E-state index contributed by atoms with van der Waals surface area (Å²) < 4.78 is 3.18. The van der Waals surface area contributed by atoms with Crippen molar-refractivity contribution in [1.82, 2.24) is 9.99 Å². The average molecular weight is 439 g/mol. The number of nitrogens with one attached hydrogen (secondary N) is 2. The van der Waals surface area contributed by atoms with Crippen molar-refractivity contribution in [1.29, 1.82) is 0 Å². The van der Waals surface area contributed by atoms with Crippen LogP contribution in [0.15, 0.2) is 64.2 Å². The van der Waals surface area contributed by atoms with Gasteiger partial charge in [-0.15, -0.1) is 0 Å². The molecule has 0 saturated carbocycles. The average Bonchev–Trinajstić information content (AvgIpc) is 2.95. The summed E-state index contributed by atoms with van der Waals surface area (Å²) in [5, 5.41) is 7.19. The van der Waals surface area contributed by atoms with Gasteiger partial charge in [0.05, 0.1) is 18.4 Å². The molecule has 3 aromatic rings. The van der Waals surface area contributed by atoms with E-state index in [4.69, 9.17) is 0 Å². The van der Waals surface area contributed by atoms with E-state index in [0.717, 1.165) is 32.8 Å². The zero-order valence-corrected chi connectivity index (χ0v) is 17.7. The number of hydrogen-bond donors (Lipinski definition) is 2. The molecule has 1 aromatic heterocycles. The number of anilines is 1. The first-order valence-electron chi connectivity index (χ1n) is 9.02. The van der Waals surface area contributed by atoms with Crippen LogP contribution in [-0.2, 0) is 4.79 Å². The van der Waals surface area contributed by atoms with Gasteiger partial charge in [-0.2, -0.15) is 5.10 Å². The number of halogens is 1. The number of para-hydroxylation sites is 1. The topological polar surface area (TPSA) is 58.4 Å². The maximum absolute atomic E-state index is 12.0. The van der Waals surface area contributed by atoms with Crippen LogP contribution < -0.4 is 10.7 Å². The number of benzene rings is 2. The molecular weight excluding hydrogens is 416 g/mol. The van der Waals surface area contributed by atoms with Crippen molar-refractivity contribution in [3.63, 3.8) is 0 Å². The van der Waals surface area contributed by atoms with Crippen molar-refractivity contribution in [3.05, 3.63) is 81.6 Å². The Balaban J connectivity index is 1.63. The van der Waals surface area contributed by atoms with Gasteiger partial charge in [-0.25, -0.2) is 5.43 Å². The molecule has 5 nitrogen and oxygen atoms in total. The molecule has 0 aliphatic carbocycles. The van der Waals surface area contributed by atoms with Gasteiger partial charge >= 0.3 is 0 Å². The molecule has 6 heteroatoms. The number of aromatic nitrogens is 1. The third-order valence-corrected chi connectivity index (χ3v) is 5.13. The Morgan fingerprint density at radius 1 is 1.11 bits per heavy atom. The van der Waals surface area contributed by atoms with Crippen molar-refractivity contribution in [2.24, 2.45) is 5.10 Å². The molecule has 0 saturated heterocycles. The molecule has 0 aliphatic heterocycles. The van der Waals surface area contributed by atoms with Crippen molar-refractivity contribution >= 4 is 33.7 Å². The van der Waals surface area contributed by atoms with E-state index in [1.54, 1.807) is 6.21 Å². The Morgan fingerprint density at radius 3 is 2.54 bits per heavy atom. The molecular formula is C22H23BrN4O. The lowest BCUT2D eigenvalue weighted by molar-refractivity contribution is -0.119. The quantitative estimate of drug-likeness (QED) is 0.431. The van der Waals surface area contributed by atoms with Crippen LogP contribution in [0, 0.1) is 20.8 Å². The second-order valence-electron chi connectivity index (χ2n) is 6.63. The lowest BCUT2D eigenvalue weighted by Crippen LogP contribution is -2.25. The van der Waals surface area contributed by atoms with Crippen LogP contribution in [0.1, 0.15) is 22.5 Å². The number of carbonyl (C=O) groups is 1. The van der Waals surface area contributed by atoms with Crippen LogP contribution in [-0.4, -0.2) is 23.2 Å². The number of nitrogens with zero attached hydrogens (tertiary/aromatic N) is 2. The Labute approximate surface area is 173 Å². The van der Waals surface area contributed by atoms with E-state index >= 15 is 0 Å². The molecule has 2 aromatic carbocycles. The fraction of sp³-hybridized carbons (Fsp3) is 0.182. The lowest BCUT2D eigenvalue weighted by Gasteiger charge is -2.11. The van der Waals surface area contributed by atoms with E-state index in [2.05, 4.69) is 48.5 Å². The fourth-order valence-corrected chi connectivity index (χ4v) is 3.45. The first-order valence-corrected chi connectivity index (χ1v) is 9.81. The Kier molecular flexibility index (Phi) is 6.31. The first-order chi connectivity index (χ1) is 13.5. The first kappa shape index (κ1) is 19.9. The normalized spacial score (nSPS) is 11.0. The van der Waals surface area contributed by atoms with E-state index in [1.807, 2.05) is 63.2 Å². The van der Waals surface area contributed by atoms with Gasteiger partial charge in [0.2, 0.25) is 0 Å². The maximum Gasteiger partial charge on any atom is 0.259 e. The second kappa shape index (κ2) is 8.89. The molecule has 0 fully saturated rings. The molecule has 1 heterocycles. The molecule has 1 amide bonds. The Bertz CT molecular complexity index is 1010. The highest BCUT2D eigenvalue weighted by atomic mass is 79.9. The smallest absolute Gasteiger partial charge is 0.259 e. The summed E-state index contributed by atoms with van der Waals surface area (Å²) in [6.07, 6.45) is 1.68. The summed E-state index contributed by atoms with van der Waals surface area (Å²) in [6.45, 7) is 6.28. The minimum atomic E-state index is -0.198. The largest absolute Gasteiger partial charge is 0.376 e. The molecule has 0 unspecified atom stereocenters. The van der Waals surface area contributed by atoms with Gasteiger partial charge < -0.3 is 9.88 Å². The molecule has 0 radical (unpaired) electrons. The number of hydrogen-bond acceptors (Lipinski definition) is 3. The van der Waals surface area contributed by atoms with E-state index in [9.17, 15) is 4.79 Å². The molecule has 0 bridgehead atoms. The molecule has 28 heavy (non-hydrogen) atoms. The number of carbonyl (C=O) groups excluding carboxylic acids is 1. The highest BCUT2D eigenvalue weighted by Crippen LogP contribution is 2.26. The summed E-state index contributed by atoms with van der Waals surface area (Å²) in [5.41, 5.74) is 8.84. The number of rotatable bonds is 6. The standard InChI is InChI=1S/C22H23BrN4O/c1-15-8-10-19(11-9-15)24-14-22(28)26-25-13-18-12-16(2)27(17(18)3)21-7-5-4-6-20(21)23/h4-13,24H,14H2,1-3H3,(H,26,28)/b25-13-. The van der Waals surface area contributed by atoms with Crippen LogP contribution >= 0.6 is 15.9 Å². The zero-order chi connectivity index (χ0) is 20.1. The van der Waals surface area contributed by atoms with E-state index in [1.165, 1.54) is 5.56 Å². The molecule has 2 N–H and O–H groups in total. The lowest BCUT2D eigenvalue weighted by atomic mass is 10.2. The van der Waals surface area contributed by atoms with Gasteiger partial charge in [0.1, 0.15) is 0 Å². The molecule has 0 atom stereocenters. The van der Waals surface area contributed by atoms with E-state index in [0.29, 0.717) is 0 Å². The molecule has 3 rings (SSSR count). The number of aryl methyl sites for hydroxylation is 2. The predicted molar refractivity (Wildman–Crippen MR) is 118 cm³/mol. The highest BCUT2D eigenvalue weighted by molar-refractivity contribution is 9.10. The van der Waals surface area contributed by atoms with Gasteiger partial charge in [0.15, 0.2) is 0 Å². The summed E-state index contributed by atoms with van der Waals surface area (Å²) >= 11 is 3.60. The monoisotopic (exact) mass is 438 g/mol. The minimum Gasteiger partial charge on any atom is -0.376 e. The Morgan fingerprint density at radius 2 is 1.82 bits per heavy atom. The number of hydrazone groups is 1. The van der Waals surface area contributed by atoms with Crippen LogP contribution in [0.4, 0.5) is 5.69 Å². The van der Waals surface area contributed by atoms with Crippen LogP contribution in [0.5, 0.6) is 0 Å². The van der Waals surface area contributed by atoms with Crippen molar-refractivity contribution in [2.75, 3.05) is 11.9 Å². The molecule has 0 aliphatic rings. The van der Waals surface area contributed by atoms with Gasteiger partial charge in [0.25, 0.3) is 5.91 Å². The van der Waals surface area contributed by atoms with Gasteiger partial charge in [-0.3, -0.25) is 4.79 Å². The predicted octanol–water partition coefficient (Wildman–Crippen LogP) is 4.73. The second-order valence-corrected chi connectivity index (χ2v) is 7.48.